The minimum Gasteiger partial charge on any atom is -0.406 e. The minimum absolute atomic E-state index is 0.0619. The van der Waals surface area contributed by atoms with Gasteiger partial charge in [-0.2, -0.15) is 18.3 Å². The van der Waals surface area contributed by atoms with E-state index in [-0.39, 0.29) is 12.2 Å². The van der Waals surface area contributed by atoms with Crippen LogP contribution in [0.3, 0.4) is 0 Å². The number of nitrogens with one attached hydrogen (secondary N) is 1. The molecule has 1 N–H and O–H groups in total. The maximum absolute atomic E-state index is 13.7. The van der Waals surface area contributed by atoms with Crippen LogP contribution in [0.15, 0.2) is 54.7 Å². The molecule has 0 saturated carbocycles. The summed E-state index contributed by atoms with van der Waals surface area (Å²) in [4.78, 5) is 12.4. The SMILES string of the molecule is O=C(NCCc1ccc(Cl)cc1)c1cnn(-c2ccc(OC(F)(F)F)cc2)c1C(F)(F)F. The molecule has 170 valence electrons. The molecule has 5 nitrogen and oxygen atoms in total. The topological polar surface area (TPSA) is 56.2 Å². The number of carbonyl (C=O) groups excluding carboxylic acids is 1. The first-order valence-corrected chi connectivity index (χ1v) is 9.36. The summed E-state index contributed by atoms with van der Waals surface area (Å²) < 4.78 is 82.0. The average molecular weight is 478 g/mol. The van der Waals surface area contributed by atoms with Crippen LogP contribution in [0.5, 0.6) is 5.75 Å². The van der Waals surface area contributed by atoms with E-state index in [0.29, 0.717) is 16.1 Å². The van der Waals surface area contributed by atoms with Gasteiger partial charge in [0.15, 0.2) is 5.69 Å². The van der Waals surface area contributed by atoms with E-state index in [2.05, 4.69) is 15.2 Å². The van der Waals surface area contributed by atoms with E-state index >= 15 is 0 Å². The zero-order valence-electron chi connectivity index (χ0n) is 16.0. The van der Waals surface area contributed by atoms with Crippen LogP contribution in [0.25, 0.3) is 5.69 Å². The fraction of sp³-hybridized carbons (Fsp3) is 0.200. The van der Waals surface area contributed by atoms with E-state index in [9.17, 15) is 31.1 Å². The van der Waals surface area contributed by atoms with E-state index in [1.54, 1.807) is 24.3 Å². The summed E-state index contributed by atoms with van der Waals surface area (Å²) in [6.07, 6.45) is -8.79. The summed E-state index contributed by atoms with van der Waals surface area (Å²) in [6.45, 7) is 0.0619. The van der Waals surface area contributed by atoms with Crippen molar-refractivity contribution in [2.45, 2.75) is 19.0 Å². The fourth-order valence-electron chi connectivity index (χ4n) is 2.84. The number of amides is 1. The Hall–Kier alpha value is -3.21. The van der Waals surface area contributed by atoms with Crippen LogP contribution in [0, 0.1) is 0 Å². The molecule has 0 bridgehead atoms. The average Bonchev–Trinajstić information content (AvgIpc) is 3.15. The Kier molecular flexibility index (Phi) is 6.68. The first kappa shape index (κ1) is 23.5. The second-order valence-electron chi connectivity index (χ2n) is 6.49. The van der Waals surface area contributed by atoms with Gasteiger partial charge in [0.05, 0.1) is 17.4 Å². The number of benzene rings is 2. The van der Waals surface area contributed by atoms with Crippen molar-refractivity contribution in [2.75, 3.05) is 6.54 Å². The van der Waals surface area contributed by atoms with Crippen LogP contribution in [-0.2, 0) is 12.6 Å². The molecule has 0 atom stereocenters. The molecule has 3 aromatic rings. The third kappa shape index (κ3) is 5.94. The monoisotopic (exact) mass is 477 g/mol. The van der Waals surface area contributed by atoms with Crippen LogP contribution in [0.1, 0.15) is 21.6 Å². The molecule has 12 heteroatoms. The van der Waals surface area contributed by atoms with Gasteiger partial charge in [-0.25, -0.2) is 4.68 Å². The molecule has 0 saturated heterocycles. The maximum Gasteiger partial charge on any atom is 0.573 e. The highest BCUT2D eigenvalue weighted by atomic mass is 35.5. The second kappa shape index (κ2) is 9.11. The molecule has 0 aliphatic heterocycles. The molecule has 1 aromatic heterocycles. The van der Waals surface area contributed by atoms with Crippen LogP contribution in [0.4, 0.5) is 26.3 Å². The first-order valence-electron chi connectivity index (χ1n) is 8.98. The van der Waals surface area contributed by atoms with Gasteiger partial charge >= 0.3 is 12.5 Å². The number of hydrogen-bond acceptors (Lipinski definition) is 3. The quantitative estimate of drug-likeness (QED) is 0.483. The number of alkyl halides is 6. The van der Waals surface area contributed by atoms with Crippen LogP contribution in [0.2, 0.25) is 5.02 Å². The highest BCUT2D eigenvalue weighted by Gasteiger charge is 2.40. The first-order chi connectivity index (χ1) is 14.9. The summed E-state index contributed by atoms with van der Waals surface area (Å²) in [5, 5.41) is 6.54. The normalized spacial score (nSPS) is 12.0. The Morgan fingerprint density at radius 3 is 2.19 bits per heavy atom. The standard InChI is InChI=1S/C20H14ClF6N3O2/c21-13-3-1-12(2-4-13)9-10-28-18(31)16-11-29-30(17(16)19(22,23)24)14-5-7-15(8-6-14)32-20(25,26)27/h1-8,11H,9-10H2,(H,28,31). The minimum atomic E-state index is -4.96. The summed E-state index contributed by atoms with van der Waals surface area (Å²) in [6, 6.07) is 10.4. The van der Waals surface area contributed by atoms with Crippen molar-refractivity contribution in [2.24, 2.45) is 0 Å². The van der Waals surface area contributed by atoms with Gasteiger partial charge in [0.1, 0.15) is 5.75 Å². The summed E-state index contributed by atoms with van der Waals surface area (Å²) in [7, 11) is 0. The molecular formula is C20H14ClF6N3O2. The molecule has 32 heavy (non-hydrogen) atoms. The highest BCUT2D eigenvalue weighted by molar-refractivity contribution is 6.30. The smallest absolute Gasteiger partial charge is 0.406 e. The van der Waals surface area contributed by atoms with Crippen molar-refractivity contribution in [1.82, 2.24) is 15.1 Å². The van der Waals surface area contributed by atoms with Gasteiger partial charge in [-0.1, -0.05) is 23.7 Å². The Morgan fingerprint density at radius 2 is 1.62 bits per heavy atom. The summed E-state index contributed by atoms with van der Waals surface area (Å²) in [5.74, 6) is -1.60. The molecule has 1 amide bonds. The van der Waals surface area contributed by atoms with E-state index in [1.165, 1.54) is 0 Å². The second-order valence-corrected chi connectivity index (χ2v) is 6.93. The third-order valence-corrected chi connectivity index (χ3v) is 4.46. The number of nitrogens with zero attached hydrogens (tertiary/aromatic N) is 2. The van der Waals surface area contributed by atoms with Crippen molar-refractivity contribution in [3.8, 4) is 11.4 Å². The zero-order chi connectivity index (χ0) is 23.5. The lowest BCUT2D eigenvalue weighted by Crippen LogP contribution is -2.28. The predicted octanol–water partition coefficient (Wildman–Crippen LogP) is 5.42. The molecule has 0 aliphatic carbocycles. The third-order valence-electron chi connectivity index (χ3n) is 4.21. The highest BCUT2D eigenvalue weighted by Crippen LogP contribution is 2.34. The number of rotatable bonds is 6. The largest absolute Gasteiger partial charge is 0.573 e. The Morgan fingerprint density at radius 1 is 1.00 bits per heavy atom. The van der Waals surface area contributed by atoms with E-state index in [0.717, 1.165) is 36.0 Å². The van der Waals surface area contributed by atoms with E-state index < -0.39 is 35.5 Å². The number of aromatic nitrogens is 2. The van der Waals surface area contributed by atoms with Crippen LogP contribution >= 0.6 is 11.6 Å². The zero-order valence-corrected chi connectivity index (χ0v) is 16.7. The molecule has 3 rings (SSSR count). The molecule has 0 fully saturated rings. The number of ether oxygens (including phenoxy) is 1. The predicted molar refractivity (Wildman–Crippen MR) is 103 cm³/mol. The van der Waals surface area contributed by atoms with E-state index in [1.807, 2.05) is 0 Å². The molecule has 2 aromatic carbocycles. The van der Waals surface area contributed by atoms with Gasteiger partial charge in [0.2, 0.25) is 0 Å². The lowest BCUT2D eigenvalue weighted by atomic mass is 10.1. The van der Waals surface area contributed by atoms with Gasteiger partial charge < -0.3 is 10.1 Å². The van der Waals surface area contributed by atoms with Crippen molar-refractivity contribution in [1.29, 1.82) is 0 Å². The Bertz CT molecular complexity index is 1080. The van der Waals surface area contributed by atoms with Gasteiger partial charge in [-0.15, -0.1) is 13.2 Å². The molecule has 1 heterocycles. The van der Waals surface area contributed by atoms with Gasteiger partial charge in [0.25, 0.3) is 5.91 Å². The molecule has 0 unspecified atom stereocenters. The van der Waals surface area contributed by atoms with Gasteiger partial charge in [-0.05, 0) is 48.4 Å². The van der Waals surface area contributed by atoms with Gasteiger partial charge in [-0.3, -0.25) is 4.79 Å². The van der Waals surface area contributed by atoms with Crippen molar-refractivity contribution in [3.05, 3.63) is 76.6 Å². The summed E-state index contributed by atoms with van der Waals surface area (Å²) in [5.41, 5.74) is -1.45. The Balaban J connectivity index is 1.79. The number of hydrogen-bond donors (Lipinski definition) is 1. The number of halogens is 7. The lowest BCUT2D eigenvalue weighted by Gasteiger charge is -2.14. The van der Waals surface area contributed by atoms with E-state index in [4.69, 9.17) is 11.6 Å². The fourth-order valence-corrected chi connectivity index (χ4v) is 2.96. The van der Waals surface area contributed by atoms with Crippen molar-refractivity contribution < 1.29 is 35.9 Å². The maximum atomic E-state index is 13.7. The lowest BCUT2D eigenvalue weighted by molar-refractivity contribution is -0.274. The van der Waals surface area contributed by atoms with Crippen LogP contribution in [-0.4, -0.2) is 28.6 Å². The molecule has 0 aliphatic rings. The summed E-state index contributed by atoms with van der Waals surface area (Å²) >= 11 is 5.78. The van der Waals surface area contributed by atoms with Gasteiger partial charge in [0, 0.05) is 11.6 Å². The van der Waals surface area contributed by atoms with Crippen molar-refractivity contribution >= 4 is 17.5 Å². The van der Waals surface area contributed by atoms with Crippen LogP contribution < -0.4 is 10.1 Å². The Labute approximate surface area is 182 Å². The van der Waals surface area contributed by atoms with Crippen molar-refractivity contribution in [3.63, 3.8) is 0 Å². The molecular weight excluding hydrogens is 464 g/mol. The molecule has 0 spiro atoms. The number of carbonyl (C=O) groups is 1. The molecule has 0 radical (unpaired) electrons.